The molecule has 0 heterocycles. The topological polar surface area (TPSA) is 79.2 Å². The number of aryl methyl sites for hydroxylation is 2. The van der Waals surface area contributed by atoms with Crippen LogP contribution >= 0.6 is 12.2 Å². The number of thiocarbonyl (C=S) groups is 1. The van der Waals surface area contributed by atoms with Crippen LogP contribution in [0.15, 0.2) is 36.4 Å². The van der Waals surface area contributed by atoms with Crippen molar-refractivity contribution in [2.45, 2.75) is 20.0 Å². The number of nitrogens with one attached hydrogen (secondary N) is 3. The average Bonchev–Trinajstić information content (AvgIpc) is 2.55. The number of hydrazine groups is 1. The van der Waals surface area contributed by atoms with Gasteiger partial charge in [-0.15, -0.1) is 0 Å². The number of nitro benzene ring substituents is 1. The fourth-order valence-corrected chi connectivity index (χ4v) is 2.40. The van der Waals surface area contributed by atoms with Gasteiger partial charge in [0, 0.05) is 11.8 Å². The number of halogens is 3. The Balaban J connectivity index is 2.14. The molecule has 6 nitrogen and oxygen atoms in total. The van der Waals surface area contributed by atoms with E-state index >= 15 is 0 Å². The molecule has 138 valence electrons. The Kier molecular flexibility index (Phi) is 5.66. The lowest BCUT2D eigenvalue weighted by molar-refractivity contribution is -0.384. The molecule has 0 bridgehead atoms. The van der Waals surface area contributed by atoms with Gasteiger partial charge in [-0.3, -0.25) is 21.0 Å². The van der Waals surface area contributed by atoms with Crippen molar-refractivity contribution in [2.75, 3.05) is 10.7 Å². The molecule has 0 saturated heterocycles. The highest BCUT2D eigenvalue weighted by molar-refractivity contribution is 7.80. The van der Waals surface area contributed by atoms with Crippen LogP contribution in [-0.4, -0.2) is 10.0 Å². The number of alkyl halides is 3. The third-order valence-corrected chi connectivity index (χ3v) is 3.76. The number of para-hydroxylation sites is 1. The van der Waals surface area contributed by atoms with Crippen LogP contribution in [0.25, 0.3) is 0 Å². The van der Waals surface area contributed by atoms with E-state index in [2.05, 4.69) is 16.2 Å². The molecular formula is C16H15F3N4O2S. The molecule has 0 amide bonds. The molecule has 2 aromatic carbocycles. The van der Waals surface area contributed by atoms with Gasteiger partial charge in [-0.2, -0.15) is 13.2 Å². The molecular weight excluding hydrogens is 369 g/mol. The number of hydrogen-bond acceptors (Lipinski definition) is 4. The van der Waals surface area contributed by atoms with E-state index in [4.69, 9.17) is 12.2 Å². The zero-order chi connectivity index (χ0) is 19.5. The second kappa shape index (κ2) is 7.56. The highest BCUT2D eigenvalue weighted by Gasteiger charge is 2.33. The standard InChI is InChI=1S/C16H15F3N4O2S/c1-9-4-3-5-10(2)14(9)20-15(26)22-21-12-7-6-11(16(17,18)19)8-13(12)23(24)25/h3-8,21H,1-2H3,(H2,20,22,26). The highest BCUT2D eigenvalue weighted by Crippen LogP contribution is 2.34. The maximum atomic E-state index is 12.7. The second-order valence-electron chi connectivity index (χ2n) is 5.46. The van der Waals surface area contributed by atoms with Crippen LogP contribution in [0.2, 0.25) is 0 Å². The SMILES string of the molecule is Cc1cccc(C)c1NC(=S)NNc1ccc(C(F)(F)F)cc1[N+](=O)[O-]. The van der Waals surface area contributed by atoms with Crippen LogP contribution in [0.5, 0.6) is 0 Å². The van der Waals surface area contributed by atoms with E-state index in [0.717, 1.165) is 28.9 Å². The fourth-order valence-electron chi connectivity index (χ4n) is 2.25. The number of nitrogens with zero attached hydrogens (tertiary/aromatic N) is 1. The largest absolute Gasteiger partial charge is 0.416 e. The Labute approximate surface area is 152 Å². The molecule has 26 heavy (non-hydrogen) atoms. The summed E-state index contributed by atoms with van der Waals surface area (Å²) in [7, 11) is 0. The Morgan fingerprint density at radius 2 is 1.77 bits per heavy atom. The van der Waals surface area contributed by atoms with Gasteiger partial charge in [-0.1, -0.05) is 18.2 Å². The van der Waals surface area contributed by atoms with Crippen molar-refractivity contribution in [2.24, 2.45) is 0 Å². The van der Waals surface area contributed by atoms with Gasteiger partial charge < -0.3 is 5.32 Å². The number of hydrogen-bond donors (Lipinski definition) is 3. The Bertz CT molecular complexity index is 836. The van der Waals surface area contributed by atoms with E-state index in [0.29, 0.717) is 6.07 Å². The van der Waals surface area contributed by atoms with Crippen LogP contribution < -0.4 is 16.2 Å². The first-order chi connectivity index (χ1) is 12.1. The maximum Gasteiger partial charge on any atom is 0.416 e. The normalized spacial score (nSPS) is 11.0. The first-order valence-corrected chi connectivity index (χ1v) is 7.75. The maximum absolute atomic E-state index is 12.7. The van der Waals surface area contributed by atoms with Gasteiger partial charge >= 0.3 is 6.18 Å². The third kappa shape index (κ3) is 4.60. The minimum Gasteiger partial charge on any atom is -0.331 e. The molecule has 0 aliphatic carbocycles. The predicted molar refractivity (Wildman–Crippen MR) is 97.0 cm³/mol. The number of rotatable bonds is 4. The third-order valence-electron chi connectivity index (χ3n) is 3.55. The molecule has 0 spiro atoms. The van der Waals surface area contributed by atoms with E-state index in [9.17, 15) is 23.3 Å². The van der Waals surface area contributed by atoms with Crippen molar-refractivity contribution < 1.29 is 18.1 Å². The van der Waals surface area contributed by atoms with Crippen molar-refractivity contribution >= 4 is 34.4 Å². The van der Waals surface area contributed by atoms with Crippen LogP contribution in [0.3, 0.4) is 0 Å². The molecule has 3 N–H and O–H groups in total. The molecule has 0 aliphatic heterocycles. The van der Waals surface area contributed by atoms with Crippen molar-refractivity contribution in [1.82, 2.24) is 5.43 Å². The first-order valence-electron chi connectivity index (χ1n) is 7.34. The quantitative estimate of drug-likeness (QED) is 0.408. The van der Waals surface area contributed by atoms with Crippen LogP contribution in [0.4, 0.5) is 30.2 Å². The van der Waals surface area contributed by atoms with Gasteiger partial charge in [0.1, 0.15) is 5.69 Å². The Morgan fingerprint density at radius 1 is 1.15 bits per heavy atom. The van der Waals surface area contributed by atoms with Gasteiger partial charge in [-0.25, -0.2) is 0 Å². The Hall–Kier alpha value is -2.88. The number of nitro groups is 1. The summed E-state index contributed by atoms with van der Waals surface area (Å²) in [4.78, 5) is 10.1. The zero-order valence-corrected chi connectivity index (χ0v) is 14.6. The summed E-state index contributed by atoms with van der Waals surface area (Å²) in [5, 5.41) is 14.1. The molecule has 10 heteroatoms. The van der Waals surface area contributed by atoms with E-state index in [1.807, 2.05) is 32.0 Å². The van der Waals surface area contributed by atoms with Crippen molar-refractivity contribution in [1.29, 1.82) is 0 Å². The summed E-state index contributed by atoms with van der Waals surface area (Å²) >= 11 is 5.11. The minimum absolute atomic E-state index is 0.108. The van der Waals surface area contributed by atoms with Crippen LogP contribution in [0.1, 0.15) is 16.7 Å². The first kappa shape index (κ1) is 19.4. The lowest BCUT2D eigenvalue weighted by atomic mass is 10.1. The monoisotopic (exact) mass is 384 g/mol. The summed E-state index contributed by atoms with van der Waals surface area (Å²) in [5.74, 6) is 0. The minimum atomic E-state index is -4.67. The molecule has 0 aliphatic rings. The van der Waals surface area contributed by atoms with Gasteiger partial charge in [0.15, 0.2) is 5.11 Å². The van der Waals surface area contributed by atoms with E-state index in [1.165, 1.54) is 0 Å². The summed E-state index contributed by atoms with van der Waals surface area (Å²) in [6.45, 7) is 3.76. The fraction of sp³-hybridized carbons (Fsp3) is 0.188. The molecule has 2 rings (SSSR count). The summed E-state index contributed by atoms with van der Waals surface area (Å²) in [6.07, 6.45) is -4.67. The van der Waals surface area contributed by atoms with Crippen molar-refractivity contribution in [3.8, 4) is 0 Å². The number of benzene rings is 2. The van der Waals surface area contributed by atoms with Gasteiger partial charge in [0.05, 0.1) is 10.5 Å². The molecule has 0 atom stereocenters. The van der Waals surface area contributed by atoms with Gasteiger partial charge in [-0.05, 0) is 49.3 Å². The highest BCUT2D eigenvalue weighted by atomic mass is 32.1. The summed E-state index contributed by atoms with van der Waals surface area (Å²) < 4.78 is 38.1. The molecule has 0 fully saturated rings. The molecule has 0 unspecified atom stereocenters. The van der Waals surface area contributed by atoms with Crippen molar-refractivity contribution in [3.05, 3.63) is 63.2 Å². The Morgan fingerprint density at radius 3 is 2.31 bits per heavy atom. The van der Waals surface area contributed by atoms with Gasteiger partial charge in [0.25, 0.3) is 5.69 Å². The smallest absolute Gasteiger partial charge is 0.331 e. The summed E-state index contributed by atoms with van der Waals surface area (Å²) in [5.41, 5.74) is 5.69. The van der Waals surface area contributed by atoms with E-state index < -0.39 is 22.4 Å². The van der Waals surface area contributed by atoms with Crippen LogP contribution in [0, 0.1) is 24.0 Å². The van der Waals surface area contributed by atoms with Gasteiger partial charge in [0.2, 0.25) is 0 Å². The molecule has 0 saturated carbocycles. The zero-order valence-electron chi connectivity index (χ0n) is 13.8. The average molecular weight is 384 g/mol. The molecule has 0 aromatic heterocycles. The van der Waals surface area contributed by atoms with Crippen molar-refractivity contribution in [3.63, 3.8) is 0 Å². The summed E-state index contributed by atoms with van der Waals surface area (Å²) in [6, 6.07) is 7.83. The molecule has 2 aromatic rings. The lowest BCUT2D eigenvalue weighted by Crippen LogP contribution is -2.34. The predicted octanol–water partition coefficient (Wildman–Crippen LogP) is 4.54. The van der Waals surface area contributed by atoms with Crippen LogP contribution in [-0.2, 0) is 6.18 Å². The second-order valence-corrected chi connectivity index (χ2v) is 5.87. The van der Waals surface area contributed by atoms with E-state index in [1.54, 1.807) is 0 Å². The van der Waals surface area contributed by atoms with E-state index in [-0.39, 0.29) is 10.8 Å². The number of anilines is 2. The molecule has 0 radical (unpaired) electrons. The lowest BCUT2D eigenvalue weighted by Gasteiger charge is -2.16.